The van der Waals surface area contributed by atoms with Crippen LogP contribution in [0.2, 0.25) is 0 Å². The van der Waals surface area contributed by atoms with Crippen LogP contribution in [-0.4, -0.2) is 21.6 Å². The predicted octanol–water partition coefficient (Wildman–Crippen LogP) is -0.451. The molecule has 1 saturated carbocycles. The lowest BCUT2D eigenvalue weighted by Gasteiger charge is -2.01. The number of hydrazone groups is 2. The van der Waals surface area contributed by atoms with Crippen molar-refractivity contribution in [2.24, 2.45) is 21.7 Å². The van der Waals surface area contributed by atoms with Crippen LogP contribution in [0.5, 0.6) is 0 Å². The van der Waals surface area contributed by atoms with E-state index in [1.54, 1.807) is 0 Å². The van der Waals surface area contributed by atoms with Gasteiger partial charge in [0.15, 0.2) is 10.2 Å². The number of thiocarbonyl (C=S) groups is 2. The zero-order valence-electron chi connectivity index (χ0n) is 7.99. The number of rotatable bonds is 2. The van der Waals surface area contributed by atoms with Gasteiger partial charge in [-0.25, -0.2) is 0 Å². The maximum absolute atomic E-state index is 5.26. The molecule has 1 rings (SSSR count). The van der Waals surface area contributed by atoms with E-state index in [4.69, 9.17) is 11.5 Å². The van der Waals surface area contributed by atoms with Gasteiger partial charge in [0.25, 0.3) is 0 Å². The second-order valence-electron chi connectivity index (χ2n) is 2.92. The highest BCUT2D eigenvalue weighted by Gasteiger charge is 2.17. The monoisotopic (exact) mass is 244 g/mol. The SMILES string of the molecule is NC(=S)NN=C1CCCC1=NNC(N)=S. The quantitative estimate of drug-likeness (QED) is 0.388. The van der Waals surface area contributed by atoms with Gasteiger partial charge in [-0.1, -0.05) is 0 Å². The van der Waals surface area contributed by atoms with E-state index >= 15 is 0 Å². The van der Waals surface area contributed by atoms with E-state index in [-0.39, 0.29) is 10.2 Å². The lowest BCUT2D eigenvalue weighted by Crippen LogP contribution is -2.28. The lowest BCUT2D eigenvalue weighted by molar-refractivity contribution is 0.950. The summed E-state index contributed by atoms with van der Waals surface area (Å²) in [5, 5.41) is 8.33. The Kier molecular flexibility index (Phi) is 4.37. The highest BCUT2D eigenvalue weighted by atomic mass is 32.1. The average Bonchev–Trinajstić information content (AvgIpc) is 2.58. The van der Waals surface area contributed by atoms with Crippen LogP contribution in [0.1, 0.15) is 19.3 Å². The number of hydrogen-bond donors (Lipinski definition) is 4. The van der Waals surface area contributed by atoms with Gasteiger partial charge in [-0.15, -0.1) is 0 Å². The molecule has 6 nitrogen and oxygen atoms in total. The minimum absolute atomic E-state index is 0.135. The first-order valence-electron chi connectivity index (χ1n) is 4.34. The molecule has 0 aromatic carbocycles. The first-order chi connectivity index (χ1) is 7.09. The molecule has 1 aliphatic rings. The molecule has 0 aromatic rings. The van der Waals surface area contributed by atoms with Crippen molar-refractivity contribution < 1.29 is 0 Å². The minimum Gasteiger partial charge on any atom is -0.375 e. The van der Waals surface area contributed by atoms with Crippen molar-refractivity contribution in [3.05, 3.63) is 0 Å². The van der Waals surface area contributed by atoms with Crippen LogP contribution in [0.25, 0.3) is 0 Å². The van der Waals surface area contributed by atoms with Gasteiger partial charge in [-0.3, -0.25) is 10.9 Å². The highest BCUT2D eigenvalue weighted by molar-refractivity contribution is 7.80. The number of nitrogens with zero attached hydrogens (tertiary/aromatic N) is 2. The fourth-order valence-corrected chi connectivity index (χ4v) is 1.29. The van der Waals surface area contributed by atoms with Crippen molar-refractivity contribution in [3.63, 3.8) is 0 Å². The molecule has 0 spiro atoms. The molecule has 0 aliphatic heterocycles. The van der Waals surface area contributed by atoms with Crippen LogP contribution in [0, 0.1) is 0 Å². The van der Waals surface area contributed by atoms with E-state index in [0.717, 1.165) is 30.7 Å². The zero-order valence-corrected chi connectivity index (χ0v) is 9.62. The molecule has 0 unspecified atom stereocenters. The van der Waals surface area contributed by atoms with Gasteiger partial charge < -0.3 is 11.5 Å². The van der Waals surface area contributed by atoms with E-state index in [1.165, 1.54) is 0 Å². The maximum Gasteiger partial charge on any atom is 0.184 e. The Hall–Kier alpha value is -1.28. The van der Waals surface area contributed by atoms with Crippen molar-refractivity contribution in [1.29, 1.82) is 0 Å². The molecule has 0 radical (unpaired) electrons. The number of nitrogens with one attached hydrogen (secondary N) is 2. The molecule has 0 aromatic heterocycles. The smallest absolute Gasteiger partial charge is 0.184 e. The molecule has 1 aliphatic carbocycles. The van der Waals surface area contributed by atoms with E-state index < -0.39 is 0 Å². The molecule has 0 amide bonds. The maximum atomic E-state index is 5.26. The Balaban J connectivity index is 2.64. The normalized spacial score (nSPS) is 20.5. The third kappa shape index (κ3) is 4.17. The molecule has 0 atom stereocenters. The van der Waals surface area contributed by atoms with Gasteiger partial charge in [0, 0.05) is 0 Å². The van der Waals surface area contributed by atoms with Crippen LogP contribution in [0.3, 0.4) is 0 Å². The van der Waals surface area contributed by atoms with Gasteiger partial charge in [0.05, 0.1) is 11.4 Å². The summed E-state index contributed by atoms with van der Waals surface area (Å²) in [7, 11) is 0. The van der Waals surface area contributed by atoms with Crippen molar-refractivity contribution in [1.82, 2.24) is 10.9 Å². The molecule has 8 heteroatoms. The number of hydrogen-bond acceptors (Lipinski definition) is 4. The summed E-state index contributed by atoms with van der Waals surface area (Å²) in [6.07, 6.45) is 2.68. The largest absolute Gasteiger partial charge is 0.375 e. The second-order valence-corrected chi connectivity index (χ2v) is 3.80. The highest BCUT2D eigenvalue weighted by Crippen LogP contribution is 2.12. The van der Waals surface area contributed by atoms with Crippen molar-refractivity contribution in [2.45, 2.75) is 19.3 Å². The van der Waals surface area contributed by atoms with E-state index in [1.807, 2.05) is 0 Å². The van der Waals surface area contributed by atoms with Crippen LogP contribution in [0.4, 0.5) is 0 Å². The van der Waals surface area contributed by atoms with Crippen LogP contribution in [0.15, 0.2) is 10.2 Å². The Morgan fingerprint density at radius 3 is 1.73 bits per heavy atom. The summed E-state index contributed by atoms with van der Waals surface area (Å²) in [4.78, 5) is 0. The van der Waals surface area contributed by atoms with Gasteiger partial charge in [0.2, 0.25) is 0 Å². The topological polar surface area (TPSA) is 101 Å². The van der Waals surface area contributed by atoms with Gasteiger partial charge in [-0.05, 0) is 43.7 Å². The Bertz CT molecular complexity index is 302. The summed E-state index contributed by atoms with van der Waals surface area (Å²) in [5.74, 6) is 0. The summed E-state index contributed by atoms with van der Waals surface area (Å²) in [5.41, 5.74) is 17.2. The third-order valence-corrected chi connectivity index (χ3v) is 1.94. The van der Waals surface area contributed by atoms with Gasteiger partial charge in [0.1, 0.15) is 0 Å². The summed E-state index contributed by atoms with van der Waals surface area (Å²) in [6, 6.07) is 0. The molecular weight excluding hydrogens is 232 g/mol. The minimum atomic E-state index is 0.135. The van der Waals surface area contributed by atoms with Crippen LogP contribution in [-0.2, 0) is 0 Å². The first kappa shape index (κ1) is 11.8. The van der Waals surface area contributed by atoms with Crippen molar-refractivity contribution in [2.75, 3.05) is 0 Å². The summed E-state index contributed by atoms with van der Waals surface area (Å²) < 4.78 is 0. The Morgan fingerprint density at radius 1 is 1.00 bits per heavy atom. The molecule has 0 saturated heterocycles. The first-order valence-corrected chi connectivity index (χ1v) is 5.15. The fourth-order valence-electron chi connectivity index (χ4n) is 1.20. The van der Waals surface area contributed by atoms with Crippen LogP contribution < -0.4 is 22.3 Å². The molecule has 82 valence electrons. The molecule has 0 heterocycles. The van der Waals surface area contributed by atoms with E-state index in [2.05, 4.69) is 45.5 Å². The number of nitrogens with two attached hydrogens (primary N) is 2. The molecule has 1 fully saturated rings. The fraction of sp³-hybridized carbons (Fsp3) is 0.429. The van der Waals surface area contributed by atoms with Crippen molar-refractivity contribution in [3.8, 4) is 0 Å². The molecular formula is C7H12N6S2. The standard InChI is InChI=1S/C7H12N6S2/c8-6(14)12-10-4-2-1-3-5(4)11-13-7(9)15/h1-3H2,(H3,8,12,14)(H3,9,13,15). The van der Waals surface area contributed by atoms with Crippen molar-refractivity contribution >= 4 is 46.1 Å². The Morgan fingerprint density at radius 2 is 1.40 bits per heavy atom. The zero-order chi connectivity index (χ0) is 11.3. The van der Waals surface area contributed by atoms with E-state index in [9.17, 15) is 0 Å². The van der Waals surface area contributed by atoms with Crippen LogP contribution >= 0.6 is 24.4 Å². The molecule has 15 heavy (non-hydrogen) atoms. The molecule has 0 bridgehead atoms. The van der Waals surface area contributed by atoms with Gasteiger partial charge in [-0.2, -0.15) is 10.2 Å². The second kappa shape index (κ2) is 5.56. The van der Waals surface area contributed by atoms with Gasteiger partial charge >= 0.3 is 0 Å². The summed E-state index contributed by atoms with van der Waals surface area (Å²) in [6.45, 7) is 0. The third-order valence-electron chi connectivity index (χ3n) is 1.76. The predicted molar refractivity (Wildman–Crippen MR) is 68.6 cm³/mol. The van der Waals surface area contributed by atoms with E-state index in [0.29, 0.717) is 0 Å². The summed E-state index contributed by atoms with van der Waals surface area (Å²) >= 11 is 9.28. The lowest BCUT2D eigenvalue weighted by atomic mass is 10.3. The Labute approximate surface area is 98.2 Å². The molecule has 6 N–H and O–H groups in total. The average molecular weight is 244 g/mol.